The molecule has 0 spiro atoms. The van der Waals surface area contributed by atoms with Crippen LogP contribution in [0.2, 0.25) is 10.0 Å². The zero-order chi connectivity index (χ0) is 14.9. The molecule has 2 atom stereocenters. The van der Waals surface area contributed by atoms with Gasteiger partial charge in [0.2, 0.25) is 5.60 Å². The second-order valence-electron chi connectivity index (χ2n) is 4.57. The number of carboxylic acid groups (broad SMARTS) is 1. The first-order chi connectivity index (χ1) is 9.40. The van der Waals surface area contributed by atoms with E-state index in [0.717, 1.165) is 0 Å². The number of hydrogen-bond donors (Lipinski definition) is 2. The molecule has 1 amide bonds. The van der Waals surface area contributed by atoms with E-state index in [2.05, 4.69) is 5.32 Å². The molecule has 1 aliphatic heterocycles. The number of halogens is 2. The highest BCUT2D eigenvalue weighted by molar-refractivity contribution is 6.35. The Balaban J connectivity index is 2.24. The van der Waals surface area contributed by atoms with Gasteiger partial charge in [-0.1, -0.05) is 30.1 Å². The van der Waals surface area contributed by atoms with Crippen LogP contribution in [0.5, 0.6) is 0 Å². The molecule has 2 N–H and O–H groups in total. The third-order valence-corrected chi connectivity index (χ3v) is 3.79. The van der Waals surface area contributed by atoms with Crippen LogP contribution in [0.3, 0.4) is 0 Å². The van der Waals surface area contributed by atoms with Crippen LogP contribution in [0, 0.1) is 5.92 Å². The molecule has 0 bridgehead atoms. The molecule has 2 rings (SSSR count). The van der Waals surface area contributed by atoms with Crippen LogP contribution >= 0.6 is 23.2 Å². The summed E-state index contributed by atoms with van der Waals surface area (Å²) in [6.45, 7) is 2.07. The second kappa shape index (κ2) is 5.60. The first kappa shape index (κ1) is 15.1. The Kier molecular flexibility index (Phi) is 4.22. The van der Waals surface area contributed by atoms with Gasteiger partial charge in [-0.2, -0.15) is 0 Å². The number of aliphatic carboxylic acids is 1. The molecule has 0 aliphatic carbocycles. The number of hydrogen-bond acceptors (Lipinski definition) is 3. The van der Waals surface area contributed by atoms with Gasteiger partial charge in [0.05, 0.1) is 6.61 Å². The van der Waals surface area contributed by atoms with Gasteiger partial charge in [0.25, 0.3) is 5.91 Å². The van der Waals surface area contributed by atoms with Crippen molar-refractivity contribution in [2.75, 3.05) is 11.9 Å². The zero-order valence-electron chi connectivity index (χ0n) is 10.7. The van der Waals surface area contributed by atoms with Crippen molar-refractivity contribution in [1.29, 1.82) is 0 Å². The van der Waals surface area contributed by atoms with Crippen molar-refractivity contribution in [1.82, 2.24) is 0 Å². The summed E-state index contributed by atoms with van der Waals surface area (Å²) in [6, 6.07) is 4.49. The van der Waals surface area contributed by atoms with E-state index in [0.29, 0.717) is 22.2 Å². The maximum atomic E-state index is 12.2. The van der Waals surface area contributed by atoms with E-state index in [1.54, 1.807) is 0 Å². The van der Waals surface area contributed by atoms with Crippen LogP contribution in [-0.2, 0) is 14.3 Å². The molecule has 0 radical (unpaired) electrons. The normalized spacial score (nSPS) is 24.9. The topological polar surface area (TPSA) is 75.6 Å². The summed E-state index contributed by atoms with van der Waals surface area (Å²) < 4.78 is 5.10. The summed E-state index contributed by atoms with van der Waals surface area (Å²) in [5.41, 5.74) is -1.50. The van der Waals surface area contributed by atoms with E-state index in [1.807, 2.05) is 6.92 Å². The number of benzene rings is 1. The zero-order valence-corrected chi connectivity index (χ0v) is 12.2. The van der Waals surface area contributed by atoms with E-state index in [4.69, 9.17) is 27.9 Å². The van der Waals surface area contributed by atoms with Gasteiger partial charge in [-0.25, -0.2) is 4.79 Å². The smallest absolute Gasteiger partial charge is 0.346 e. The van der Waals surface area contributed by atoms with Gasteiger partial charge in [0.15, 0.2) is 0 Å². The van der Waals surface area contributed by atoms with Crippen LogP contribution in [0.15, 0.2) is 18.2 Å². The lowest BCUT2D eigenvalue weighted by atomic mass is 9.79. The van der Waals surface area contributed by atoms with E-state index in [-0.39, 0.29) is 12.5 Å². The molecule has 1 heterocycles. The largest absolute Gasteiger partial charge is 0.479 e. The number of carboxylic acids is 1. The lowest BCUT2D eigenvalue weighted by molar-refractivity contribution is -0.217. The molecule has 7 heteroatoms. The molecule has 1 saturated heterocycles. The summed E-state index contributed by atoms with van der Waals surface area (Å²) in [7, 11) is 0. The fraction of sp³-hybridized carbons (Fsp3) is 0.385. The Morgan fingerprint density at radius 1 is 1.40 bits per heavy atom. The molecule has 0 aromatic heterocycles. The summed E-state index contributed by atoms with van der Waals surface area (Å²) >= 11 is 11.7. The molecule has 108 valence electrons. The number of nitrogens with one attached hydrogen (secondary N) is 1. The van der Waals surface area contributed by atoms with Crippen molar-refractivity contribution in [3.63, 3.8) is 0 Å². The van der Waals surface area contributed by atoms with Gasteiger partial charge in [0.1, 0.15) is 0 Å². The molecule has 2 unspecified atom stereocenters. The number of anilines is 1. The molecular formula is C13H13Cl2NO4. The van der Waals surface area contributed by atoms with Crippen molar-refractivity contribution in [2.24, 2.45) is 5.92 Å². The minimum absolute atomic E-state index is 0.256. The highest BCUT2D eigenvalue weighted by atomic mass is 35.5. The minimum atomic E-state index is -1.83. The van der Waals surface area contributed by atoms with Crippen molar-refractivity contribution < 1.29 is 19.4 Å². The Morgan fingerprint density at radius 2 is 2.00 bits per heavy atom. The van der Waals surface area contributed by atoms with Crippen LogP contribution in [0.1, 0.15) is 13.3 Å². The predicted molar refractivity (Wildman–Crippen MR) is 75.2 cm³/mol. The highest BCUT2D eigenvalue weighted by Crippen LogP contribution is 2.37. The molecule has 20 heavy (non-hydrogen) atoms. The standard InChI is InChI=1S/C13H13Cl2NO4/c1-2-7-6-20-13(7,12(18)19)11(17)16-10-4-8(14)3-9(15)5-10/h3-5,7H,2,6H2,1H3,(H,16,17)(H,18,19). The predicted octanol–water partition coefficient (Wildman–Crippen LogP) is 2.81. The fourth-order valence-corrected chi connectivity index (χ4v) is 2.73. The van der Waals surface area contributed by atoms with Gasteiger partial charge in [-0.05, 0) is 24.6 Å². The summed E-state index contributed by atoms with van der Waals surface area (Å²) in [5.74, 6) is -2.36. The highest BCUT2D eigenvalue weighted by Gasteiger charge is 2.60. The molecule has 0 saturated carbocycles. The quantitative estimate of drug-likeness (QED) is 0.837. The SMILES string of the molecule is CCC1COC1(C(=O)O)C(=O)Nc1cc(Cl)cc(Cl)c1. The third-order valence-electron chi connectivity index (χ3n) is 3.36. The van der Waals surface area contributed by atoms with E-state index < -0.39 is 17.5 Å². The summed E-state index contributed by atoms with van der Waals surface area (Å²) in [4.78, 5) is 23.6. The van der Waals surface area contributed by atoms with Gasteiger partial charge in [0, 0.05) is 21.7 Å². The molecule has 5 nitrogen and oxygen atoms in total. The molecule has 1 aromatic rings. The Hall–Kier alpha value is -1.30. The lowest BCUT2D eigenvalue weighted by Gasteiger charge is -2.43. The van der Waals surface area contributed by atoms with Gasteiger partial charge in [-0.15, -0.1) is 0 Å². The molecule has 1 aromatic carbocycles. The number of ether oxygens (including phenoxy) is 1. The van der Waals surface area contributed by atoms with Gasteiger partial charge >= 0.3 is 5.97 Å². The first-order valence-electron chi connectivity index (χ1n) is 6.05. The van der Waals surface area contributed by atoms with Gasteiger partial charge < -0.3 is 15.2 Å². The monoisotopic (exact) mass is 317 g/mol. The van der Waals surface area contributed by atoms with Gasteiger partial charge in [-0.3, -0.25) is 4.79 Å². The number of rotatable bonds is 4. The first-order valence-corrected chi connectivity index (χ1v) is 6.80. The van der Waals surface area contributed by atoms with Crippen molar-refractivity contribution in [3.05, 3.63) is 28.2 Å². The Labute approximate surface area is 125 Å². The maximum absolute atomic E-state index is 12.2. The Bertz CT molecular complexity index is 541. The average molecular weight is 318 g/mol. The van der Waals surface area contributed by atoms with Crippen LogP contribution in [-0.4, -0.2) is 29.2 Å². The van der Waals surface area contributed by atoms with Crippen LogP contribution < -0.4 is 5.32 Å². The van der Waals surface area contributed by atoms with E-state index in [9.17, 15) is 14.7 Å². The summed E-state index contributed by atoms with van der Waals surface area (Å²) in [5, 5.41) is 12.5. The summed E-state index contributed by atoms with van der Waals surface area (Å²) in [6.07, 6.45) is 0.538. The molecule has 1 aliphatic rings. The van der Waals surface area contributed by atoms with Crippen LogP contribution in [0.4, 0.5) is 5.69 Å². The number of carbonyl (C=O) groups is 2. The maximum Gasteiger partial charge on any atom is 0.346 e. The average Bonchev–Trinajstić information content (AvgIpc) is 2.26. The third kappa shape index (κ3) is 2.49. The minimum Gasteiger partial charge on any atom is -0.479 e. The number of carbonyl (C=O) groups excluding carboxylic acids is 1. The number of amides is 1. The van der Waals surface area contributed by atoms with Crippen LogP contribution in [0.25, 0.3) is 0 Å². The van der Waals surface area contributed by atoms with Crippen molar-refractivity contribution in [2.45, 2.75) is 18.9 Å². The van der Waals surface area contributed by atoms with E-state index in [1.165, 1.54) is 18.2 Å². The molecule has 1 fully saturated rings. The lowest BCUT2D eigenvalue weighted by Crippen LogP contribution is -2.65. The molecular weight excluding hydrogens is 305 g/mol. The van der Waals surface area contributed by atoms with Crippen molar-refractivity contribution in [3.8, 4) is 0 Å². The fourth-order valence-electron chi connectivity index (χ4n) is 2.21. The Morgan fingerprint density at radius 3 is 2.40 bits per heavy atom. The second-order valence-corrected chi connectivity index (χ2v) is 5.44. The van der Waals surface area contributed by atoms with Crippen molar-refractivity contribution >= 4 is 40.8 Å². The van der Waals surface area contributed by atoms with E-state index >= 15 is 0 Å².